The summed E-state index contributed by atoms with van der Waals surface area (Å²) >= 11 is 13.3. The van der Waals surface area contributed by atoms with Gasteiger partial charge in [0.2, 0.25) is 5.91 Å². The Hall–Kier alpha value is -2.75. The maximum Gasteiger partial charge on any atom is 0.251 e. The van der Waals surface area contributed by atoms with Gasteiger partial charge in [0, 0.05) is 17.8 Å². The SMILES string of the molecule is CCOc1ccc(NC(=O)CSc2nnc([C@H](NC(=O)c3ccc(Cl)c(Cl)c3)C(C)C)n2CC)cc1. The maximum atomic E-state index is 12.9. The Bertz CT molecular complexity index is 1200. The molecular weight excluding hydrogens is 521 g/mol. The summed E-state index contributed by atoms with van der Waals surface area (Å²) < 4.78 is 7.33. The van der Waals surface area contributed by atoms with Crippen LogP contribution in [0.15, 0.2) is 47.6 Å². The van der Waals surface area contributed by atoms with Crippen LogP contribution in [0.1, 0.15) is 49.9 Å². The molecule has 2 amide bonds. The van der Waals surface area contributed by atoms with Crippen LogP contribution in [-0.4, -0.2) is 38.9 Å². The molecule has 2 aromatic carbocycles. The zero-order valence-corrected chi connectivity index (χ0v) is 22.9. The van der Waals surface area contributed by atoms with Gasteiger partial charge in [0.1, 0.15) is 5.75 Å². The number of benzene rings is 2. The smallest absolute Gasteiger partial charge is 0.251 e. The van der Waals surface area contributed by atoms with Gasteiger partial charge in [-0.15, -0.1) is 10.2 Å². The van der Waals surface area contributed by atoms with Crippen LogP contribution >= 0.6 is 35.0 Å². The molecular formula is C25H29Cl2N5O3S. The van der Waals surface area contributed by atoms with Gasteiger partial charge in [0.15, 0.2) is 11.0 Å². The van der Waals surface area contributed by atoms with Gasteiger partial charge < -0.3 is 19.9 Å². The minimum atomic E-state index is -0.397. The standard InChI is InChI=1S/C25H29Cl2N5O3S/c1-5-32-23(22(15(3)4)29-24(34)16-7-12-19(26)20(27)13-16)30-31-25(32)36-14-21(33)28-17-8-10-18(11-9-17)35-6-2/h7-13,15,22H,5-6,14H2,1-4H3,(H,28,33)(H,29,34)/t22-/m1/s1. The molecule has 1 atom stereocenters. The lowest BCUT2D eigenvalue weighted by Crippen LogP contribution is -2.33. The van der Waals surface area contributed by atoms with E-state index in [0.29, 0.717) is 45.4 Å². The fourth-order valence-corrected chi connectivity index (χ4v) is 4.56. The molecule has 36 heavy (non-hydrogen) atoms. The summed E-state index contributed by atoms with van der Waals surface area (Å²) in [6.45, 7) is 9.03. The minimum Gasteiger partial charge on any atom is -0.494 e. The predicted octanol–water partition coefficient (Wildman–Crippen LogP) is 5.86. The average molecular weight is 551 g/mol. The molecule has 0 unspecified atom stereocenters. The van der Waals surface area contributed by atoms with Crippen LogP contribution in [0.25, 0.3) is 0 Å². The Labute approximate surface area is 225 Å². The van der Waals surface area contributed by atoms with Crippen LogP contribution in [0, 0.1) is 5.92 Å². The van der Waals surface area contributed by atoms with E-state index in [1.165, 1.54) is 17.8 Å². The molecule has 192 valence electrons. The normalized spacial score (nSPS) is 11.9. The van der Waals surface area contributed by atoms with Crippen LogP contribution in [0.3, 0.4) is 0 Å². The number of halogens is 2. The summed E-state index contributed by atoms with van der Waals surface area (Å²) in [6, 6.07) is 11.6. The van der Waals surface area contributed by atoms with E-state index in [1.807, 2.05) is 44.4 Å². The molecule has 0 saturated heterocycles. The fourth-order valence-electron chi connectivity index (χ4n) is 3.45. The van der Waals surface area contributed by atoms with Crippen LogP contribution in [0.5, 0.6) is 5.75 Å². The highest BCUT2D eigenvalue weighted by Crippen LogP contribution is 2.27. The van der Waals surface area contributed by atoms with E-state index < -0.39 is 6.04 Å². The Balaban J connectivity index is 1.68. The van der Waals surface area contributed by atoms with Crippen molar-refractivity contribution in [1.29, 1.82) is 0 Å². The second-order valence-electron chi connectivity index (χ2n) is 8.20. The molecule has 2 N–H and O–H groups in total. The summed E-state index contributed by atoms with van der Waals surface area (Å²) in [6.07, 6.45) is 0. The third-order valence-electron chi connectivity index (χ3n) is 5.26. The highest BCUT2D eigenvalue weighted by molar-refractivity contribution is 7.99. The van der Waals surface area contributed by atoms with Crippen molar-refractivity contribution in [2.45, 2.75) is 45.4 Å². The van der Waals surface area contributed by atoms with Gasteiger partial charge in [0.25, 0.3) is 5.91 Å². The van der Waals surface area contributed by atoms with Crippen molar-refractivity contribution < 1.29 is 14.3 Å². The Morgan fingerprint density at radius 1 is 1.06 bits per heavy atom. The van der Waals surface area contributed by atoms with Crippen molar-refractivity contribution >= 4 is 52.5 Å². The first-order chi connectivity index (χ1) is 17.2. The van der Waals surface area contributed by atoms with E-state index in [1.54, 1.807) is 24.3 Å². The predicted molar refractivity (Wildman–Crippen MR) is 144 cm³/mol. The van der Waals surface area contributed by atoms with Gasteiger partial charge in [0.05, 0.1) is 28.4 Å². The van der Waals surface area contributed by atoms with E-state index in [0.717, 1.165) is 5.75 Å². The van der Waals surface area contributed by atoms with Crippen LogP contribution in [0.2, 0.25) is 10.0 Å². The number of thioether (sulfide) groups is 1. The molecule has 0 aliphatic carbocycles. The first-order valence-corrected chi connectivity index (χ1v) is 13.3. The molecule has 0 radical (unpaired) electrons. The number of anilines is 1. The molecule has 3 aromatic rings. The fraction of sp³-hybridized carbons (Fsp3) is 0.360. The van der Waals surface area contributed by atoms with Gasteiger partial charge in [-0.05, 0) is 62.2 Å². The zero-order valence-electron chi connectivity index (χ0n) is 20.5. The lowest BCUT2D eigenvalue weighted by molar-refractivity contribution is -0.113. The Kier molecular flexibility index (Phi) is 10.0. The van der Waals surface area contributed by atoms with Crippen LogP contribution < -0.4 is 15.4 Å². The summed E-state index contributed by atoms with van der Waals surface area (Å²) in [5, 5.41) is 15.9. The van der Waals surface area contributed by atoms with Crippen LogP contribution in [-0.2, 0) is 11.3 Å². The zero-order chi connectivity index (χ0) is 26.2. The lowest BCUT2D eigenvalue weighted by atomic mass is 10.0. The summed E-state index contributed by atoms with van der Waals surface area (Å²) in [5.74, 6) is 1.11. The summed E-state index contributed by atoms with van der Waals surface area (Å²) in [5.41, 5.74) is 1.09. The van der Waals surface area contributed by atoms with Crippen molar-refractivity contribution in [3.63, 3.8) is 0 Å². The number of carbonyl (C=O) groups is 2. The third kappa shape index (κ3) is 7.15. The molecule has 0 saturated carbocycles. The molecule has 1 heterocycles. The van der Waals surface area contributed by atoms with E-state index in [9.17, 15) is 9.59 Å². The number of nitrogens with zero attached hydrogens (tertiary/aromatic N) is 3. The number of hydrogen-bond donors (Lipinski definition) is 2. The number of amides is 2. The molecule has 0 bridgehead atoms. The number of carbonyl (C=O) groups excluding carboxylic acids is 2. The number of rotatable bonds is 11. The molecule has 8 nitrogen and oxygen atoms in total. The average Bonchev–Trinajstić information content (AvgIpc) is 3.26. The van der Waals surface area contributed by atoms with Crippen LogP contribution in [0.4, 0.5) is 5.69 Å². The summed E-state index contributed by atoms with van der Waals surface area (Å²) in [7, 11) is 0. The topological polar surface area (TPSA) is 98.1 Å². The maximum absolute atomic E-state index is 12.9. The first-order valence-electron chi connectivity index (χ1n) is 11.6. The minimum absolute atomic E-state index is 0.0343. The van der Waals surface area contributed by atoms with E-state index in [4.69, 9.17) is 27.9 Å². The van der Waals surface area contributed by atoms with Crippen molar-refractivity contribution in [3.8, 4) is 5.75 Å². The van der Waals surface area contributed by atoms with Crippen molar-refractivity contribution in [2.24, 2.45) is 5.92 Å². The van der Waals surface area contributed by atoms with Gasteiger partial charge in [-0.1, -0.05) is 48.8 Å². The van der Waals surface area contributed by atoms with Gasteiger partial charge in [-0.2, -0.15) is 0 Å². The Morgan fingerprint density at radius 2 is 1.78 bits per heavy atom. The second-order valence-corrected chi connectivity index (χ2v) is 9.96. The molecule has 3 rings (SSSR count). The molecule has 0 aliphatic rings. The molecule has 0 aliphatic heterocycles. The highest BCUT2D eigenvalue weighted by Gasteiger charge is 2.26. The van der Waals surface area contributed by atoms with E-state index in [-0.39, 0.29) is 23.5 Å². The largest absolute Gasteiger partial charge is 0.494 e. The van der Waals surface area contributed by atoms with Crippen molar-refractivity contribution in [1.82, 2.24) is 20.1 Å². The second kappa shape index (κ2) is 13.0. The monoisotopic (exact) mass is 549 g/mol. The van der Waals surface area contributed by atoms with Gasteiger partial charge in [-0.3, -0.25) is 9.59 Å². The third-order valence-corrected chi connectivity index (χ3v) is 6.96. The number of hydrogen-bond acceptors (Lipinski definition) is 6. The van der Waals surface area contributed by atoms with E-state index >= 15 is 0 Å². The quantitative estimate of drug-likeness (QED) is 0.290. The number of nitrogens with one attached hydrogen (secondary N) is 2. The molecule has 11 heteroatoms. The Morgan fingerprint density at radius 3 is 2.39 bits per heavy atom. The first kappa shape index (κ1) is 27.8. The molecule has 1 aromatic heterocycles. The van der Waals surface area contributed by atoms with Crippen molar-refractivity contribution in [3.05, 3.63) is 63.9 Å². The molecule has 0 fully saturated rings. The number of aromatic nitrogens is 3. The van der Waals surface area contributed by atoms with E-state index in [2.05, 4.69) is 20.8 Å². The lowest BCUT2D eigenvalue weighted by Gasteiger charge is -2.22. The highest BCUT2D eigenvalue weighted by atomic mass is 35.5. The van der Waals surface area contributed by atoms with Gasteiger partial charge in [-0.25, -0.2) is 0 Å². The summed E-state index contributed by atoms with van der Waals surface area (Å²) in [4.78, 5) is 25.4. The number of ether oxygens (including phenoxy) is 1. The van der Waals surface area contributed by atoms with Gasteiger partial charge >= 0.3 is 0 Å². The van der Waals surface area contributed by atoms with Crippen molar-refractivity contribution in [2.75, 3.05) is 17.7 Å². The molecule has 0 spiro atoms.